The Hall–Kier alpha value is -2.30. The lowest BCUT2D eigenvalue weighted by molar-refractivity contribution is 0.108. The van der Waals surface area contributed by atoms with Crippen molar-refractivity contribution in [2.24, 2.45) is 0 Å². The molecule has 1 atom stereocenters. The summed E-state index contributed by atoms with van der Waals surface area (Å²) in [6, 6.07) is 5.53. The summed E-state index contributed by atoms with van der Waals surface area (Å²) >= 11 is 0. The molecule has 7 nitrogen and oxygen atoms in total. The molecule has 2 aromatic rings. The zero-order chi connectivity index (χ0) is 14.8. The summed E-state index contributed by atoms with van der Waals surface area (Å²) in [5, 5.41) is 13.0. The van der Waals surface area contributed by atoms with Gasteiger partial charge in [-0.05, 0) is 26.2 Å². The van der Waals surface area contributed by atoms with Crippen LogP contribution >= 0.6 is 0 Å². The summed E-state index contributed by atoms with van der Waals surface area (Å²) in [5.74, 6) is 1.10. The van der Waals surface area contributed by atoms with Crippen LogP contribution in [-0.2, 0) is 0 Å². The number of pyridine rings is 1. The number of likely N-dealkylation sites (N-methyl/N-ethyl adjacent to an activating group) is 2. The van der Waals surface area contributed by atoms with Crippen LogP contribution in [0.15, 0.2) is 22.9 Å². The molecule has 1 aliphatic heterocycles. The first-order valence-electron chi connectivity index (χ1n) is 6.76. The number of nitrogens with zero attached hydrogens (tertiary/aromatic N) is 6. The molecule has 3 heterocycles. The summed E-state index contributed by atoms with van der Waals surface area (Å²) in [6.45, 7) is 2.88. The Kier molecular flexibility index (Phi) is 3.64. The van der Waals surface area contributed by atoms with E-state index in [0.29, 0.717) is 23.0 Å². The Labute approximate surface area is 122 Å². The summed E-state index contributed by atoms with van der Waals surface area (Å²) in [7, 11) is 4.15. The molecular weight excluding hydrogens is 268 g/mol. The van der Waals surface area contributed by atoms with Crippen molar-refractivity contribution < 1.29 is 4.52 Å². The second-order valence-corrected chi connectivity index (χ2v) is 5.26. The maximum absolute atomic E-state index is 8.89. The fraction of sp³-hybridized carbons (Fsp3) is 0.429. The number of piperazine rings is 1. The van der Waals surface area contributed by atoms with Gasteiger partial charge in [-0.15, -0.1) is 0 Å². The molecule has 7 heteroatoms. The fourth-order valence-corrected chi connectivity index (χ4v) is 2.40. The van der Waals surface area contributed by atoms with Gasteiger partial charge in [0.15, 0.2) is 5.82 Å². The van der Waals surface area contributed by atoms with E-state index in [-0.39, 0.29) is 6.04 Å². The van der Waals surface area contributed by atoms with E-state index in [1.165, 1.54) is 0 Å². The smallest absolute Gasteiger partial charge is 0.258 e. The lowest BCUT2D eigenvalue weighted by atomic mass is 10.2. The Morgan fingerprint density at radius 2 is 2.24 bits per heavy atom. The minimum absolute atomic E-state index is 0.124. The minimum Gasteiger partial charge on any atom is -0.334 e. The third kappa shape index (κ3) is 2.77. The van der Waals surface area contributed by atoms with E-state index in [9.17, 15) is 0 Å². The normalized spacial score (nSPS) is 20.3. The van der Waals surface area contributed by atoms with Crippen LogP contribution in [0.25, 0.3) is 11.5 Å². The average molecular weight is 284 g/mol. The lowest BCUT2D eigenvalue weighted by Gasteiger charge is -2.35. The molecule has 0 spiro atoms. The van der Waals surface area contributed by atoms with Gasteiger partial charge < -0.3 is 9.42 Å². The Morgan fingerprint density at radius 3 is 3.05 bits per heavy atom. The molecule has 0 saturated carbocycles. The van der Waals surface area contributed by atoms with Crippen molar-refractivity contribution in [2.75, 3.05) is 33.7 Å². The molecule has 0 aromatic carbocycles. The number of hydrogen-bond acceptors (Lipinski definition) is 7. The van der Waals surface area contributed by atoms with Crippen LogP contribution < -0.4 is 0 Å². The molecule has 1 saturated heterocycles. The molecule has 21 heavy (non-hydrogen) atoms. The van der Waals surface area contributed by atoms with Crippen molar-refractivity contribution in [1.82, 2.24) is 24.9 Å². The number of hydrogen-bond donors (Lipinski definition) is 0. The van der Waals surface area contributed by atoms with E-state index in [0.717, 1.165) is 19.6 Å². The topological polar surface area (TPSA) is 82.1 Å². The molecule has 0 bridgehead atoms. The van der Waals surface area contributed by atoms with Crippen molar-refractivity contribution in [3.63, 3.8) is 0 Å². The molecule has 0 radical (unpaired) electrons. The summed E-state index contributed by atoms with van der Waals surface area (Å²) in [4.78, 5) is 12.9. The lowest BCUT2D eigenvalue weighted by Crippen LogP contribution is -2.45. The van der Waals surface area contributed by atoms with Crippen molar-refractivity contribution >= 4 is 0 Å². The molecule has 1 aliphatic rings. The number of nitriles is 1. The summed E-state index contributed by atoms with van der Waals surface area (Å²) in [6.07, 6.45) is 1.57. The van der Waals surface area contributed by atoms with E-state index in [1.807, 2.05) is 6.07 Å². The van der Waals surface area contributed by atoms with Crippen LogP contribution in [0.2, 0.25) is 0 Å². The van der Waals surface area contributed by atoms with Gasteiger partial charge >= 0.3 is 0 Å². The van der Waals surface area contributed by atoms with Gasteiger partial charge in [0, 0.05) is 31.4 Å². The maximum Gasteiger partial charge on any atom is 0.258 e. The van der Waals surface area contributed by atoms with Gasteiger partial charge in [-0.2, -0.15) is 10.2 Å². The van der Waals surface area contributed by atoms with Crippen LogP contribution in [-0.4, -0.2) is 58.7 Å². The molecule has 1 unspecified atom stereocenters. The van der Waals surface area contributed by atoms with Crippen LogP contribution in [0.3, 0.4) is 0 Å². The highest BCUT2D eigenvalue weighted by molar-refractivity contribution is 5.54. The standard InChI is InChI=1S/C14H16N6O/c1-19-5-6-20(2)12(9-19)13-17-14(21-18-13)10-3-4-16-11(7-10)8-15/h3-4,7,12H,5-6,9H2,1-2H3. The largest absolute Gasteiger partial charge is 0.334 e. The maximum atomic E-state index is 8.89. The van der Waals surface area contributed by atoms with E-state index in [4.69, 9.17) is 9.78 Å². The Bertz CT molecular complexity index is 676. The first-order valence-corrected chi connectivity index (χ1v) is 6.76. The Morgan fingerprint density at radius 1 is 1.38 bits per heavy atom. The van der Waals surface area contributed by atoms with Crippen LogP contribution in [0.5, 0.6) is 0 Å². The van der Waals surface area contributed by atoms with Gasteiger partial charge in [-0.1, -0.05) is 5.16 Å². The number of aromatic nitrogens is 3. The van der Waals surface area contributed by atoms with Gasteiger partial charge in [0.25, 0.3) is 5.89 Å². The molecular formula is C14H16N6O. The first-order chi connectivity index (χ1) is 10.2. The molecule has 2 aromatic heterocycles. The zero-order valence-corrected chi connectivity index (χ0v) is 12.0. The minimum atomic E-state index is 0.124. The molecule has 0 aliphatic carbocycles. The fourth-order valence-electron chi connectivity index (χ4n) is 2.40. The molecule has 0 amide bonds. The van der Waals surface area contributed by atoms with Gasteiger partial charge in [0.05, 0.1) is 6.04 Å². The van der Waals surface area contributed by atoms with E-state index in [2.05, 4.69) is 39.0 Å². The third-order valence-corrected chi connectivity index (χ3v) is 3.71. The Balaban J connectivity index is 1.87. The van der Waals surface area contributed by atoms with Gasteiger partial charge in [0.1, 0.15) is 11.8 Å². The third-order valence-electron chi connectivity index (χ3n) is 3.71. The van der Waals surface area contributed by atoms with E-state index < -0.39 is 0 Å². The summed E-state index contributed by atoms with van der Waals surface area (Å²) < 4.78 is 5.34. The van der Waals surface area contributed by atoms with Crippen molar-refractivity contribution in [1.29, 1.82) is 5.26 Å². The number of rotatable bonds is 2. The highest BCUT2D eigenvalue weighted by Gasteiger charge is 2.28. The van der Waals surface area contributed by atoms with E-state index >= 15 is 0 Å². The highest BCUT2D eigenvalue weighted by Crippen LogP contribution is 2.24. The highest BCUT2D eigenvalue weighted by atomic mass is 16.5. The van der Waals surface area contributed by atoms with Crippen molar-refractivity contribution in [3.8, 4) is 17.5 Å². The molecule has 3 rings (SSSR count). The van der Waals surface area contributed by atoms with Crippen molar-refractivity contribution in [3.05, 3.63) is 29.8 Å². The zero-order valence-electron chi connectivity index (χ0n) is 12.0. The SMILES string of the molecule is CN1CCN(C)C(c2noc(-c3ccnc(C#N)c3)n2)C1. The van der Waals surface area contributed by atoms with Gasteiger partial charge in [-0.3, -0.25) is 4.90 Å². The first kappa shape index (κ1) is 13.7. The second kappa shape index (κ2) is 5.60. The van der Waals surface area contributed by atoms with E-state index in [1.54, 1.807) is 18.3 Å². The van der Waals surface area contributed by atoms with Crippen molar-refractivity contribution in [2.45, 2.75) is 6.04 Å². The van der Waals surface area contributed by atoms with Gasteiger partial charge in [0.2, 0.25) is 0 Å². The second-order valence-electron chi connectivity index (χ2n) is 5.26. The molecule has 108 valence electrons. The average Bonchev–Trinajstić information content (AvgIpc) is 2.99. The van der Waals surface area contributed by atoms with Gasteiger partial charge in [-0.25, -0.2) is 4.98 Å². The van der Waals surface area contributed by atoms with Crippen LogP contribution in [0.4, 0.5) is 0 Å². The molecule has 1 fully saturated rings. The predicted octanol–water partition coefficient (Wildman–Crippen LogP) is 0.922. The summed E-state index contributed by atoms with van der Waals surface area (Å²) in [5.41, 5.74) is 1.05. The van der Waals surface area contributed by atoms with Crippen LogP contribution in [0.1, 0.15) is 17.6 Å². The monoisotopic (exact) mass is 284 g/mol. The van der Waals surface area contributed by atoms with Crippen LogP contribution in [0, 0.1) is 11.3 Å². The molecule has 0 N–H and O–H groups in total. The predicted molar refractivity (Wildman–Crippen MR) is 75.1 cm³/mol. The quantitative estimate of drug-likeness (QED) is 0.811.